The van der Waals surface area contributed by atoms with E-state index in [1.54, 1.807) is 4.90 Å². The number of rotatable bonds is 5. The Kier molecular flexibility index (Phi) is 7.02. The summed E-state index contributed by atoms with van der Waals surface area (Å²) < 4.78 is 7.10. The van der Waals surface area contributed by atoms with Crippen molar-refractivity contribution in [2.75, 3.05) is 39.1 Å². The van der Waals surface area contributed by atoms with E-state index >= 15 is 0 Å². The topological polar surface area (TPSA) is 136 Å². The predicted octanol–water partition coefficient (Wildman–Crippen LogP) is 2.35. The van der Waals surface area contributed by atoms with Crippen molar-refractivity contribution >= 4 is 34.3 Å². The molecule has 2 aliphatic rings. The Morgan fingerprint density at radius 1 is 1.13 bits per heavy atom. The molecule has 200 valence electrons. The number of methoxy groups -OCH3 is 1. The molecule has 2 fully saturated rings. The van der Waals surface area contributed by atoms with Crippen LogP contribution in [0.4, 0.5) is 5.69 Å². The van der Waals surface area contributed by atoms with Crippen molar-refractivity contribution in [2.45, 2.75) is 38.3 Å². The van der Waals surface area contributed by atoms with Crippen LogP contribution in [0, 0.1) is 5.92 Å². The molecule has 2 aliphatic heterocycles. The molecule has 0 spiro atoms. The van der Waals surface area contributed by atoms with E-state index in [9.17, 15) is 14.4 Å². The Morgan fingerprint density at radius 2 is 1.95 bits per heavy atom. The molecule has 3 N–H and O–H groups in total. The van der Waals surface area contributed by atoms with Crippen LogP contribution in [0.1, 0.15) is 54.2 Å². The molecule has 4 heterocycles. The van der Waals surface area contributed by atoms with Gasteiger partial charge in [-0.05, 0) is 62.5 Å². The van der Waals surface area contributed by atoms with Gasteiger partial charge in [0.25, 0.3) is 5.91 Å². The van der Waals surface area contributed by atoms with Crippen molar-refractivity contribution in [3.63, 3.8) is 0 Å². The minimum absolute atomic E-state index is 0.0142. The fourth-order valence-electron chi connectivity index (χ4n) is 5.48. The molecule has 11 heteroatoms. The maximum atomic E-state index is 13.4. The number of carbonyl (C=O) groups is 3. The number of primary amides is 1. The van der Waals surface area contributed by atoms with Crippen LogP contribution in [0.25, 0.3) is 10.9 Å². The molecule has 3 atom stereocenters. The fraction of sp³-hybridized carbons (Fsp3) is 0.444. The van der Waals surface area contributed by atoms with Gasteiger partial charge in [-0.2, -0.15) is 5.10 Å². The third kappa shape index (κ3) is 5.06. The SMILES string of the molecule is COc1ncc(NC(=O)C(=O)N2C[C@@H](C)CCC2c2ccc3nn([C@H]4CCN(C)C4)cc3c2)cc1C(N)=O. The highest BCUT2D eigenvalue weighted by molar-refractivity contribution is 6.39. The molecule has 2 saturated heterocycles. The molecular formula is C27H33N7O4. The van der Waals surface area contributed by atoms with Gasteiger partial charge in [-0.1, -0.05) is 13.0 Å². The second-order valence-corrected chi connectivity index (χ2v) is 10.4. The number of hydrogen-bond acceptors (Lipinski definition) is 7. The second kappa shape index (κ2) is 10.4. The maximum Gasteiger partial charge on any atom is 0.313 e. The van der Waals surface area contributed by atoms with Crippen molar-refractivity contribution in [1.29, 1.82) is 0 Å². The van der Waals surface area contributed by atoms with E-state index in [0.717, 1.165) is 48.8 Å². The van der Waals surface area contributed by atoms with E-state index in [0.29, 0.717) is 12.6 Å². The summed E-state index contributed by atoms with van der Waals surface area (Å²) in [6.45, 7) is 4.58. The number of ether oxygens (including phenoxy) is 1. The zero-order valence-electron chi connectivity index (χ0n) is 21.9. The molecule has 0 saturated carbocycles. The average molecular weight is 520 g/mol. The summed E-state index contributed by atoms with van der Waals surface area (Å²) in [6.07, 6.45) is 6.18. The molecule has 5 rings (SSSR count). The van der Waals surface area contributed by atoms with Crippen molar-refractivity contribution in [3.05, 3.63) is 47.8 Å². The minimum Gasteiger partial charge on any atom is -0.480 e. The van der Waals surface area contributed by atoms with E-state index in [2.05, 4.69) is 46.1 Å². The van der Waals surface area contributed by atoms with E-state index in [1.807, 2.05) is 12.1 Å². The second-order valence-electron chi connectivity index (χ2n) is 10.4. The summed E-state index contributed by atoms with van der Waals surface area (Å²) in [5, 5.41) is 8.38. The summed E-state index contributed by atoms with van der Waals surface area (Å²) in [5.74, 6) is -1.88. The molecule has 38 heavy (non-hydrogen) atoms. The fourth-order valence-corrected chi connectivity index (χ4v) is 5.48. The number of benzene rings is 1. The molecular weight excluding hydrogens is 486 g/mol. The average Bonchev–Trinajstić information content (AvgIpc) is 3.53. The van der Waals surface area contributed by atoms with Gasteiger partial charge >= 0.3 is 11.8 Å². The summed E-state index contributed by atoms with van der Waals surface area (Å²) in [4.78, 5) is 46.1. The largest absolute Gasteiger partial charge is 0.480 e. The lowest BCUT2D eigenvalue weighted by Crippen LogP contribution is -2.46. The number of likely N-dealkylation sites (tertiary alicyclic amines) is 2. The molecule has 2 aromatic heterocycles. The van der Waals surface area contributed by atoms with Crippen molar-refractivity contribution in [3.8, 4) is 5.88 Å². The lowest BCUT2D eigenvalue weighted by molar-refractivity contribution is -0.146. The quantitative estimate of drug-likeness (QED) is 0.494. The van der Waals surface area contributed by atoms with Crippen molar-refractivity contribution in [1.82, 2.24) is 24.6 Å². The van der Waals surface area contributed by atoms with Gasteiger partial charge in [0, 0.05) is 24.7 Å². The maximum absolute atomic E-state index is 13.4. The molecule has 11 nitrogen and oxygen atoms in total. The summed E-state index contributed by atoms with van der Waals surface area (Å²) >= 11 is 0. The molecule has 0 bridgehead atoms. The number of piperidine rings is 1. The van der Waals surface area contributed by atoms with Gasteiger partial charge in [-0.15, -0.1) is 0 Å². The molecule has 3 amide bonds. The number of anilines is 1. The first-order chi connectivity index (χ1) is 18.2. The van der Waals surface area contributed by atoms with E-state index in [1.165, 1.54) is 19.4 Å². The van der Waals surface area contributed by atoms with Crippen LogP contribution in [-0.4, -0.2) is 76.1 Å². The molecule has 1 aromatic carbocycles. The van der Waals surface area contributed by atoms with Crippen LogP contribution < -0.4 is 15.8 Å². The molecule has 0 radical (unpaired) electrons. The van der Waals surface area contributed by atoms with Crippen LogP contribution >= 0.6 is 0 Å². The summed E-state index contributed by atoms with van der Waals surface area (Å²) in [7, 11) is 3.48. The summed E-state index contributed by atoms with van der Waals surface area (Å²) in [6, 6.07) is 7.56. The lowest BCUT2D eigenvalue weighted by Gasteiger charge is -2.38. The number of carbonyl (C=O) groups excluding carboxylic acids is 3. The normalized spacial score (nSPS) is 22.0. The smallest absolute Gasteiger partial charge is 0.313 e. The van der Waals surface area contributed by atoms with Crippen molar-refractivity contribution < 1.29 is 19.1 Å². The third-order valence-corrected chi connectivity index (χ3v) is 7.51. The van der Waals surface area contributed by atoms with Gasteiger partial charge < -0.3 is 25.6 Å². The van der Waals surface area contributed by atoms with E-state index < -0.39 is 17.7 Å². The Bertz CT molecular complexity index is 1390. The number of pyridine rings is 1. The zero-order valence-corrected chi connectivity index (χ0v) is 21.9. The van der Waals surface area contributed by atoms with Gasteiger partial charge in [0.1, 0.15) is 5.56 Å². The van der Waals surface area contributed by atoms with Crippen molar-refractivity contribution in [2.24, 2.45) is 11.7 Å². The zero-order chi connectivity index (χ0) is 27.0. The van der Waals surface area contributed by atoms with Gasteiger partial charge in [-0.3, -0.25) is 19.1 Å². The van der Waals surface area contributed by atoms with Gasteiger partial charge in [0.05, 0.1) is 36.6 Å². The highest BCUT2D eigenvalue weighted by Gasteiger charge is 2.34. The number of fused-ring (bicyclic) bond motifs is 1. The highest BCUT2D eigenvalue weighted by Crippen LogP contribution is 2.35. The Morgan fingerprint density at radius 3 is 2.66 bits per heavy atom. The van der Waals surface area contributed by atoms with Gasteiger partial charge in [-0.25, -0.2) is 4.98 Å². The van der Waals surface area contributed by atoms with Gasteiger partial charge in [0.2, 0.25) is 5.88 Å². The summed E-state index contributed by atoms with van der Waals surface area (Å²) in [5.41, 5.74) is 7.49. The van der Waals surface area contributed by atoms with Crippen LogP contribution in [0.5, 0.6) is 5.88 Å². The Labute approximate surface area is 220 Å². The first-order valence-corrected chi connectivity index (χ1v) is 12.9. The first kappa shape index (κ1) is 25.7. The Balaban J connectivity index is 1.37. The van der Waals surface area contributed by atoms with E-state index in [4.69, 9.17) is 15.6 Å². The van der Waals surface area contributed by atoms with Crippen LogP contribution in [0.15, 0.2) is 36.7 Å². The number of amides is 3. The molecule has 3 aromatic rings. The predicted molar refractivity (Wildman–Crippen MR) is 142 cm³/mol. The number of nitrogens with one attached hydrogen (secondary N) is 1. The van der Waals surface area contributed by atoms with Gasteiger partial charge in [0.15, 0.2) is 0 Å². The van der Waals surface area contributed by atoms with Crippen LogP contribution in [-0.2, 0) is 9.59 Å². The number of hydrogen-bond donors (Lipinski definition) is 2. The monoisotopic (exact) mass is 519 g/mol. The first-order valence-electron chi connectivity index (χ1n) is 12.9. The molecule has 1 unspecified atom stereocenters. The van der Waals surface area contributed by atoms with Crippen LogP contribution in [0.2, 0.25) is 0 Å². The Hall–Kier alpha value is -3.99. The number of nitrogens with two attached hydrogens (primary N) is 1. The molecule has 0 aliphatic carbocycles. The third-order valence-electron chi connectivity index (χ3n) is 7.51. The number of aromatic nitrogens is 3. The van der Waals surface area contributed by atoms with E-state index in [-0.39, 0.29) is 29.1 Å². The lowest BCUT2D eigenvalue weighted by atomic mass is 9.89. The minimum atomic E-state index is -0.800. The number of likely N-dealkylation sites (N-methyl/N-ethyl adjacent to an activating group) is 1. The van der Waals surface area contributed by atoms with Crippen LogP contribution in [0.3, 0.4) is 0 Å². The highest BCUT2D eigenvalue weighted by atomic mass is 16.5. The number of nitrogens with zero attached hydrogens (tertiary/aromatic N) is 5. The standard InChI is InChI=1S/C27H33N7O4/c1-16-4-7-23(17-5-6-22-18(10-17)14-34(31-22)20-8-9-32(2)15-20)33(13-16)27(37)25(36)30-19-11-21(24(28)35)26(38-3)29-12-19/h5-6,10-12,14,16,20,23H,4,7-9,13,15H2,1-3H3,(H2,28,35)(H,30,36)/t16-,20-,23?/m0/s1.